The third-order valence-corrected chi connectivity index (χ3v) is 5.98. The number of rotatable bonds is 6. The Balaban J connectivity index is 1.85. The molecule has 0 saturated carbocycles. The molecule has 2 aromatic carbocycles. The highest BCUT2D eigenvalue weighted by Gasteiger charge is 2.40. The van der Waals surface area contributed by atoms with E-state index in [0.29, 0.717) is 11.3 Å². The molecule has 134 valence electrons. The Morgan fingerprint density at radius 1 is 0.760 bits per heavy atom. The largest absolute Gasteiger partial charge is 0.319 e. The molecule has 1 atom stereocenters. The van der Waals surface area contributed by atoms with Crippen LogP contribution >= 0.6 is 0 Å². The third kappa shape index (κ3) is 4.12. The van der Waals surface area contributed by atoms with Crippen molar-refractivity contribution in [3.63, 3.8) is 0 Å². The van der Waals surface area contributed by atoms with Gasteiger partial charge in [0.1, 0.15) is 19.7 Å². The molecule has 1 aliphatic rings. The molecule has 0 amide bonds. The first-order chi connectivity index (χ1) is 12.2. The highest BCUT2D eigenvalue weighted by atomic mass is 16.7. The lowest BCUT2D eigenvalue weighted by Gasteiger charge is -2.37. The molecule has 0 bridgehead atoms. The first-order valence-electron chi connectivity index (χ1n) is 9.68. The second-order valence-electron chi connectivity index (χ2n) is 7.21. The summed E-state index contributed by atoms with van der Waals surface area (Å²) in [5.41, 5.74) is 2.53. The zero-order chi connectivity index (χ0) is 17.6. The van der Waals surface area contributed by atoms with Crippen LogP contribution in [-0.4, -0.2) is 43.8 Å². The predicted molar refractivity (Wildman–Crippen MR) is 105 cm³/mol. The molecule has 3 heteroatoms. The van der Waals surface area contributed by atoms with E-state index in [-0.39, 0.29) is 0 Å². The Hall–Kier alpha value is -1.68. The Kier molecular flexibility index (Phi) is 5.89. The van der Waals surface area contributed by atoms with Gasteiger partial charge < -0.3 is 4.48 Å². The van der Waals surface area contributed by atoms with E-state index in [1.54, 1.807) is 0 Å². The van der Waals surface area contributed by atoms with Crippen LogP contribution in [0.3, 0.4) is 0 Å². The monoisotopic (exact) mass is 340 g/mol. The standard InChI is InChI=1S/C22H32N2O/c1-3-23(4-2)16-11-17-24(19-18-23,22-14-9-6-10-15-22)25-20-21-12-7-5-8-13-21/h5-10,12-15H,3-4,11,16-20H2,1-2H3/q+2. The van der Waals surface area contributed by atoms with Gasteiger partial charge in [0.15, 0.2) is 12.2 Å². The van der Waals surface area contributed by atoms with Crippen molar-refractivity contribution in [2.75, 3.05) is 39.3 Å². The van der Waals surface area contributed by atoms with Crippen molar-refractivity contribution in [1.82, 2.24) is 4.65 Å². The number of hydrogen-bond donors (Lipinski definition) is 0. The second-order valence-corrected chi connectivity index (χ2v) is 7.21. The number of benzene rings is 2. The average molecular weight is 341 g/mol. The van der Waals surface area contributed by atoms with Gasteiger partial charge >= 0.3 is 0 Å². The molecular formula is C22H32N2O+2. The average Bonchev–Trinajstić information content (AvgIpc) is 2.89. The molecule has 3 rings (SSSR count). The van der Waals surface area contributed by atoms with Crippen molar-refractivity contribution < 1.29 is 9.32 Å². The summed E-state index contributed by atoms with van der Waals surface area (Å²) < 4.78 is 1.86. The summed E-state index contributed by atoms with van der Waals surface area (Å²) in [6.45, 7) is 12.3. The van der Waals surface area contributed by atoms with Crippen LogP contribution in [0.1, 0.15) is 25.8 Å². The minimum absolute atomic E-state index is 0.649. The zero-order valence-electron chi connectivity index (χ0n) is 15.7. The molecule has 1 aliphatic heterocycles. The van der Waals surface area contributed by atoms with Crippen LogP contribution in [0.25, 0.3) is 0 Å². The number of quaternary nitrogens is 2. The maximum absolute atomic E-state index is 6.63. The Morgan fingerprint density at radius 3 is 2.04 bits per heavy atom. The van der Waals surface area contributed by atoms with Crippen LogP contribution in [0.15, 0.2) is 60.7 Å². The number of hydroxylamine groups is 2. The van der Waals surface area contributed by atoms with Crippen LogP contribution in [0.5, 0.6) is 0 Å². The Bertz CT molecular complexity index is 640. The SMILES string of the molecule is CC[N+]1(CC)CCC[N+](OCc2ccccc2)(c2ccccc2)CC1. The maximum atomic E-state index is 6.63. The quantitative estimate of drug-likeness (QED) is 0.709. The van der Waals surface area contributed by atoms with Gasteiger partial charge in [-0.2, -0.15) is 4.84 Å². The van der Waals surface area contributed by atoms with E-state index in [1.807, 2.05) is 0 Å². The molecule has 0 radical (unpaired) electrons. The minimum atomic E-state index is 0.649. The summed E-state index contributed by atoms with van der Waals surface area (Å²) in [7, 11) is 0. The first kappa shape index (κ1) is 18.1. The van der Waals surface area contributed by atoms with Gasteiger partial charge in [0.05, 0.1) is 19.6 Å². The normalized spacial score (nSPS) is 23.1. The lowest BCUT2D eigenvalue weighted by molar-refractivity contribution is -0.923. The van der Waals surface area contributed by atoms with Gasteiger partial charge in [0.2, 0.25) is 0 Å². The first-order valence-corrected chi connectivity index (χ1v) is 9.68. The molecule has 2 aromatic rings. The highest BCUT2D eigenvalue weighted by molar-refractivity contribution is 5.40. The highest BCUT2D eigenvalue weighted by Crippen LogP contribution is 2.29. The Labute approximate surface area is 152 Å². The molecule has 1 saturated heterocycles. The predicted octanol–water partition coefficient (Wildman–Crippen LogP) is 4.39. The fraction of sp³-hybridized carbons (Fsp3) is 0.455. The minimum Gasteiger partial charge on any atom is -0.319 e. The van der Waals surface area contributed by atoms with E-state index in [2.05, 4.69) is 74.5 Å². The van der Waals surface area contributed by atoms with Crippen LogP contribution in [0.4, 0.5) is 5.69 Å². The molecule has 1 unspecified atom stereocenters. The fourth-order valence-electron chi connectivity index (χ4n) is 4.05. The van der Waals surface area contributed by atoms with E-state index in [1.165, 1.54) is 48.3 Å². The van der Waals surface area contributed by atoms with Gasteiger partial charge in [-0.15, -0.1) is 4.65 Å². The van der Waals surface area contributed by atoms with Crippen molar-refractivity contribution in [1.29, 1.82) is 0 Å². The zero-order valence-corrected chi connectivity index (χ0v) is 15.7. The summed E-state index contributed by atoms with van der Waals surface area (Å²) in [5.74, 6) is 0. The van der Waals surface area contributed by atoms with Crippen molar-refractivity contribution in [3.8, 4) is 0 Å². The van der Waals surface area contributed by atoms with Crippen molar-refractivity contribution in [2.24, 2.45) is 0 Å². The van der Waals surface area contributed by atoms with E-state index in [4.69, 9.17) is 4.84 Å². The number of likely N-dealkylation sites (N-methyl/N-ethyl adjacent to an activating group) is 1. The summed E-state index contributed by atoms with van der Waals surface area (Å²) >= 11 is 0. The smallest absolute Gasteiger partial charge is 0.165 e. The number of para-hydroxylation sites is 1. The summed E-state index contributed by atoms with van der Waals surface area (Å²) in [4.78, 5) is 6.63. The van der Waals surface area contributed by atoms with Gasteiger partial charge in [-0.25, -0.2) is 0 Å². The van der Waals surface area contributed by atoms with Gasteiger partial charge in [-0.05, 0) is 19.4 Å². The fourth-order valence-corrected chi connectivity index (χ4v) is 4.05. The van der Waals surface area contributed by atoms with Crippen molar-refractivity contribution in [2.45, 2.75) is 26.9 Å². The molecule has 0 N–H and O–H groups in total. The summed E-state index contributed by atoms with van der Waals surface area (Å²) in [6, 6.07) is 21.3. The molecule has 3 nitrogen and oxygen atoms in total. The lowest BCUT2D eigenvalue weighted by Crippen LogP contribution is -2.54. The molecule has 0 aliphatic carbocycles. The van der Waals surface area contributed by atoms with Crippen LogP contribution in [0, 0.1) is 0 Å². The molecule has 25 heavy (non-hydrogen) atoms. The molecule has 0 aromatic heterocycles. The van der Waals surface area contributed by atoms with Crippen molar-refractivity contribution in [3.05, 3.63) is 66.2 Å². The number of hydrogen-bond acceptors (Lipinski definition) is 1. The van der Waals surface area contributed by atoms with E-state index >= 15 is 0 Å². The van der Waals surface area contributed by atoms with Crippen molar-refractivity contribution >= 4 is 5.69 Å². The maximum Gasteiger partial charge on any atom is 0.165 e. The number of nitrogens with zero attached hydrogens (tertiary/aromatic N) is 2. The third-order valence-electron chi connectivity index (χ3n) is 5.98. The summed E-state index contributed by atoms with van der Waals surface area (Å²) in [5, 5.41) is 0. The van der Waals surface area contributed by atoms with Gasteiger partial charge in [-0.1, -0.05) is 48.5 Å². The molecular weight excluding hydrogens is 308 g/mol. The Morgan fingerprint density at radius 2 is 1.40 bits per heavy atom. The van der Waals surface area contributed by atoms with E-state index in [9.17, 15) is 0 Å². The molecule has 1 heterocycles. The van der Waals surface area contributed by atoms with Gasteiger partial charge in [0.25, 0.3) is 0 Å². The molecule has 1 fully saturated rings. The second kappa shape index (κ2) is 8.13. The van der Waals surface area contributed by atoms with Crippen LogP contribution < -0.4 is 4.65 Å². The topological polar surface area (TPSA) is 9.23 Å². The van der Waals surface area contributed by atoms with Crippen LogP contribution in [-0.2, 0) is 11.4 Å². The molecule has 0 spiro atoms. The van der Waals surface area contributed by atoms with Gasteiger partial charge in [0, 0.05) is 18.6 Å². The van der Waals surface area contributed by atoms with E-state index in [0.717, 1.165) is 13.1 Å². The van der Waals surface area contributed by atoms with Gasteiger partial charge in [-0.3, -0.25) is 0 Å². The summed E-state index contributed by atoms with van der Waals surface area (Å²) in [6.07, 6.45) is 1.20. The lowest BCUT2D eigenvalue weighted by atomic mass is 10.2. The van der Waals surface area contributed by atoms with Crippen LogP contribution in [0.2, 0.25) is 0 Å². The van der Waals surface area contributed by atoms with E-state index < -0.39 is 0 Å².